The van der Waals surface area contributed by atoms with Crippen molar-refractivity contribution in [2.75, 3.05) is 26.4 Å². The maximum atomic E-state index is 13.3. The standard InChI is InChI=1S/C21H27O4P.Li/c1-5-23-14-15-25-26(19-12-10-18(11-13-19)24-6-2)21(22)20-16(3)8-7-9-17(20)4;/h7-13H,5-6,14-15H2,1-4H3;. The van der Waals surface area contributed by atoms with Crippen LogP contribution in [0, 0.1) is 13.8 Å². The monoisotopic (exact) mass is 381 g/mol. The predicted octanol–water partition coefficient (Wildman–Crippen LogP) is 4.24. The topological polar surface area (TPSA) is 44.8 Å². The van der Waals surface area contributed by atoms with Crippen LogP contribution in [-0.2, 0) is 9.26 Å². The van der Waals surface area contributed by atoms with Crippen LogP contribution in [0.5, 0.6) is 5.75 Å². The molecule has 6 heteroatoms. The van der Waals surface area contributed by atoms with Gasteiger partial charge in [0, 0.05) is 36.3 Å². The van der Waals surface area contributed by atoms with Gasteiger partial charge in [0.05, 0.1) is 19.8 Å². The molecule has 0 N–H and O–H groups in total. The number of carbonyl (C=O) groups is 1. The Hall–Kier alpha value is -1.14. The summed E-state index contributed by atoms with van der Waals surface area (Å²) < 4.78 is 16.9. The first kappa shape index (κ1) is 23.9. The number of aryl methyl sites for hydroxylation is 2. The maximum Gasteiger partial charge on any atom is 0.216 e. The van der Waals surface area contributed by atoms with Gasteiger partial charge in [0.1, 0.15) is 13.9 Å². The minimum atomic E-state index is -1.44. The summed E-state index contributed by atoms with van der Waals surface area (Å²) in [4.78, 5) is 13.3. The number of carbonyl (C=O) groups excluding carboxylic acids is 1. The van der Waals surface area contributed by atoms with Crippen LogP contribution in [0.4, 0.5) is 0 Å². The molecule has 0 amide bonds. The van der Waals surface area contributed by atoms with Gasteiger partial charge < -0.3 is 14.0 Å². The summed E-state index contributed by atoms with van der Waals surface area (Å²) in [5, 5.41) is 0.882. The van der Waals surface area contributed by atoms with Crippen molar-refractivity contribution in [1.82, 2.24) is 0 Å². The predicted molar refractivity (Wildman–Crippen MR) is 113 cm³/mol. The molecule has 1 unspecified atom stereocenters. The number of rotatable bonds is 10. The van der Waals surface area contributed by atoms with Gasteiger partial charge in [0.15, 0.2) is 0 Å². The van der Waals surface area contributed by atoms with E-state index in [1.54, 1.807) is 0 Å². The molecule has 0 aromatic heterocycles. The molecule has 141 valence electrons. The number of ether oxygens (including phenoxy) is 2. The zero-order chi connectivity index (χ0) is 18.9. The Kier molecular flexibility index (Phi) is 10.9. The van der Waals surface area contributed by atoms with Gasteiger partial charge in [-0.3, -0.25) is 4.79 Å². The summed E-state index contributed by atoms with van der Waals surface area (Å²) in [6.45, 7) is 9.93. The van der Waals surface area contributed by atoms with Gasteiger partial charge in [0.2, 0.25) is 5.52 Å². The van der Waals surface area contributed by atoms with E-state index in [1.807, 2.05) is 70.2 Å². The maximum absolute atomic E-state index is 13.3. The van der Waals surface area contributed by atoms with Crippen molar-refractivity contribution in [1.29, 1.82) is 0 Å². The third kappa shape index (κ3) is 6.75. The van der Waals surface area contributed by atoms with Crippen molar-refractivity contribution in [3.8, 4) is 5.75 Å². The summed E-state index contributed by atoms with van der Waals surface area (Å²) in [7, 11) is -1.44. The Morgan fingerprint density at radius 1 is 0.926 bits per heavy atom. The van der Waals surface area contributed by atoms with E-state index in [4.69, 9.17) is 14.0 Å². The molecule has 0 aliphatic carbocycles. The first-order valence-electron chi connectivity index (χ1n) is 8.92. The molecule has 0 heterocycles. The first-order chi connectivity index (χ1) is 12.6. The fourth-order valence-corrected chi connectivity index (χ4v) is 4.41. The van der Waals surface area contributed by atoms with Gasteiger partial charge in [0.25, 0.3) is 0 Å². The molecule has 0 spiro atoms. The fourth-order valence-electron chi connectivity index (χ4n) is 2.68. The SMILES string of the molecule is CCOCCOP(C(=O)c1c(C)cccc1C)c1ccc(OCC)cc1.[Li]. The fraction of sp³-hybridized carbons (Fsp3) is 0.381. The molecule has 0 fully saturated rings. The van der Waals surface area contributed by atoms with Crippen molar-refractivity contribution in [3.63, 3.8) is 0 Å². The van der Waals surface area contributed by atoms with E-state index in [9.17, 15) is 4.79 Å². The molecule has 0 bridgehead atoms. The Labute approximate surface area is 175 Å². The Morgan fingerprint density at radius 3 is 2.11 bits per heavy atom. The molecule has 0 aliphatic rings. The molecular formula is C21H27LiO4P. The van der Waals surface area contributed by atoms with Crippen LogP contribution in [0.15, 0.2) is 42.5 Å². The number of hydrogen-bond acceptors (Lipinski definition) is 4. The number of benzene rings is 2. The quantitative estimate of drug-likeness (QED) is 0.351. The second kappa shape index (κ2) is 12.3. The molecule has 0 aliphatic heterocycles. The van der Waals surface area contributed by atoms with E-state index in [2.05, 4.69) is 0 Å². The van der Waals surface area contributed by atoms with Crippen molar-refractivity contribution in [3.05, 3.63) is 59.2 Å². The van der Waals surface area contributed by atoms with Gasteiger partial charge in [-0.05, 0) is 63.1 Å². The van der Waals surface area contributed by atoms with Crippen molar-refractivity contribution in [2.24, 2.45) is 0 Å². The van der Waals surface area contributed by atoms with E-state index >= 15 is 0 Å². The van der Waals surface area contributed by atoms with Crippen LogP contribution in [0.25, 0.3) is 0 Å². The smallest absolute Gasteiger partial charge is 0.216 e. The minimum absolute atomic E-state index is 0. The summed E-state index contributed by atoms with van der Waals surface area (Å²) in [5.74, 6) is 0.792. The zero-order valence-corrected chi connectivity index (χ0v) is 17.8. The van der Waals surface area contributed by atoms with E-state index < -0.39 is 8.15 Å². The average molecular weight is 381 g/mol. The largest absolute Gasteiger partial charge is 0.494 e. The molecule has 2 aromatic carbocycles. The molecule has 1 radical (unpaired) electrons. The Bertz CT molecular complexity index is 698. The van der Waals surface area contributed by atoms with Crippen molar-refractivity contribution in [2.45, 2.75) is 27.7 Å². The van der Waals surface area contributed by atoms with Crippen LogP contribution >= 0.6 is 8.15 Å². The average Bonchev–Trinajstić information content (AvgIpc) is 2.63. The zero-order valence-electron chi connectivity index (χ0n) is 17.0. The van der Waals surface area contributed by atoms with Crippen molar-refractivity contribution >= 4 is 37.8 Å². The van der Waals surface area contributed by atoms with E-state index in [0.717, 1.165) is 27.7 Å². The molecule has 0 saturated carbocycles. The van der Waals surface area contributed by atoms with E-state index in [1.165, 1.54) is 0 Å². The van der Waals surface area contributed by atoms with E-state index in [-0.39, 0.29) is 24.4 Å². The third-order valence-electron chi connectivity index (χ3n) is 3.91. The van der Waals surface area contributed by atoms with E-state index in [0.29, 0.717) is 26.4 Å². The summed E-state index contributed by atoms with van der Waals surface area (Å²) >= 11 is 0. The van der Waals surface area contributed by atoms with Gasteiger partial charge in [-0.15, -0.1) is 0 Å². The van der Waals surface area contributed by atoms with Crippen LogP contribution in [0.1, 0.15) is 35.3 Å². The summed E-state index contributed by atoms with van der Waals surface area (Å²) in [6, 6.07) is 13.5. The van der Waals surface area contributed by atoms with Gasteiger partial charge in [-0.2, -0.15) is 0 Å². The second-order valence-corrected chi connectivity index (χ2v) is 7.59. The van der Waals surface area contributed by atoms with Crippen molar-refractivity contribution < 1.29 is 18.8 Å². The first-order valence-corrected chi connectivity index (χ1v) is 10.2. The van der Waals surface area contributed by atoms with Crippen LogP contribution in [0.3, 0.4) is 0 Å². The summed E-state index contributed by atoms with van der Waals surface area (Å²) in [5.41, 5.74) is 2.74. The third-order valence-corrected chi connectivity index (χ3v) is 5.71. The molecule has 1 atom stereocenters. The number of hydrogen-bond donors (Lipinski definition) is 0. The van der Waals surface area contributed by atoms with Crippen LogP contribution < -0.4 is 10.0 Å². The molecular weight excluding hydrogens is 354 g/mol. The molecule has 27 heavy (non-hydrogen) atoms. The van der Waals surface area contributed by atoms with Gasteiger partial charge in [-0.25, -0.2) is 0 Å². The normalized spacial score (nSPS) is 11.6. The van der Waals surface area contributed by atoms with Gasteiger partial charge in [-0.1, -0.05) is 18.2 Å². The molecule has 0 saturated heterocycles. The molecule has 2 rings (SSSR count). The Balaban J connectivity index is 0.00000364. The van der Waals surface area contributed by atoms with Crippen LogP contribution in [-0.4, -0.2) is 50.8 Å². The minimum Gasteiger partial charge on any atom is -0.494 e. The van der Waals surface area contributed by atoms with Crippen LogP contribution in [0.2, 0.25) is 0 Å². The molecule has 2 aromatic rings. The van der Waals surface area contributed by atoms with Gasteiger partial charge >= 0.3 is 0 Å². The molecule has 4 nitrogen and oxygen atoms in total. The Morgan fingerprint density at radius 2 is 1.56 bits per heavy atom. The second-order valence-electron chi connectivity index (χ2n) is 5.82. The summed E-state index contributed by atoms with van der Waals surface area (Å²) in [6.07, 6.45) is 0.